The number of imidazole rings is 1. The summed E-state index contributed by atoms with van der Waals surface area (Å²) >= 11 is 0. The van der Waals surface area contributed by atoms with E-state index in [1.165, 1.54) is 24.8 Å². The van der Waals surface area contributed by atoms with Gasteiger partial charge >= 0.3 is 0 Å². The van der Waals surface area contributed by atoms with E-state index in [4.69, 9.17) is 4.98 Å². The minimum atomic E-state index is 0.759. The first-order valence-corrected chi connectivity index (χ1v) is 13.5. The van der Waals surface area contributed by atoms with Crippen molar-refractivity contribution in [3.8, 4) is 22.6 Å². The molecule has 1 aromatic carbocycles. The molecule has 190 valence electrons. The Balaban J connectivity index is 1.35. The van der Waals surface area contributed by atoms with Gasteiger partial charge in [0.25, 0.3) is 0 Å². The van der Waals surface area contributed by atoms with E-state index in [1.54, 1.807) is 0 Å². The van der Waals surface area contributed by atoms with Crippen molar-refractivity contribution in [2.24, 2.45) is 0 Å². The van der Waals surface area contributed by atoms with Crippen LogP contribution in [-0.4, -0.2) is 61.2 Å². The quantitative estimate of drug-likeness (QED) is 0.284. The number of benzene rings is 1. The summed E-state index contributed by atoms with van der Waals surface area (Å²) in [4.78, 5) is 22.4. The lowest BCUT2D eigenvalue weighted by atomic mass is 10.0. The molecule has 0 spiro atoms. The van der Waals surface area contributed by atoms with Crippen molar-refractivity contribution >= 4 is 27.6 Å². The van der Waals surface area contributed by atoms with Gasteiger partial charge in [0.15, 0.2) is 5.82 Å². The van der Waals surface area contributed by atoms with Gasteiger partial charge in [0.1, 0.15) is 11.2 Å². The number of aromatic amines is 2. The lowest BCUT2D eigenvalue weighted by Crippen LogP contribution is -2.29. The average molecular weight is 495 g/mol. The molecule has 37 heavy (non-hydrogen) atoms. The van der Waals surface area contributed by atoms with E-state index in [2.05, 4.69) is 73.1 Å². The Hall–Kier alpha value is -3.78. The van der Waals surface area contributed by atoms with Crippen LogP contribution < -0.4 is 4.90 Å². The summed E-state index contributed by atoms with van der Waals surface area (Å²) in [6.45, 7) is 9.59. The zero-order valence-corrected chi connectivity index (χ0v) is 21.7. The topological polar surface area (TPSA) is 89.6 Å². The van der Waals surface area contributed by atoms with Gasteiger partial charge < -0.3 is 9.88 Å². The molecule has 0 aliphatic carbocycles. The minimum Gasteiger partial charge on any atom is -0.368 e. The molecular formula is C29H34N8. The number of nitrogens with one attached hydrogen (secondary N) is 2. The van der Waals surface area contributed by atoms with Crippen molar-refractivity contribution in [2.75, 3.05) is 31.1 Å². The van der Waals surface area contributed by atoms with Crippen LogP contribution in [0.4, 0.5) is 5.69 Å². The first kappa shape index (κ1) is 23.6. The van der Waals surface area contributed by atoms with E-state index in [0.29, 0.717) is 0 Å². The van der Waals surface area contributed by atoms with Crippen molar-refractivity contribution in [1.82, 2.24) is 35.0 Å². The van der Waals surface area contributed by atoms with Crippen LogP contribution in [0.25, 0.3) is 44.6 Å². The van der Waals surface area contributed by atoms with Crippen LogP contribution in [-0.2, 0) is 6.54 Å². The molecular weight excluding hydrogens is 460 g/mol. The molecule has 0 amide bonds. The maximum Gasteiger partial charge on any atom is 0.159 e. The molecule has 1 saturated heterocycles. The Bertz CT molecular complexity index is 1510. The molecule has 0 radical (unpaired) electrons. The van der Waals surface area contributed by atoms with Crippen molar-refractivity contribution in [2.45, 2.75) is 46.1 Å². The summed E-state index contributed by atoms with van der Waals surface area (Å²) in [5.41, 5.74) is 8.27. The second kappa shape index (κ2) is 10.3. The van der Waals surface area contributed by atoms with Gasteiger partial charge in [-0.2, -0.15) is 5.10 Å². The van der Waals surface area contributed by atoms with Crippen LogP contribution in [0.15, 0.2) is 49.1 Å². The molecule has 4 aromatic heterocycles. The predicted molar refractivity (Wildman–Crippen MR) is 150 cm³/mol. The normalized spacial score (nSPS) is 14.3. The molecule has 5 heterocycles. The molecule has 2 N–H and O–H groups in total. The summed E-state index contributed by atoms with van der Waals surface area (Å²) < 4.78 is 0. The van der Waals surface area contributed by atoms with Gasteiger partial charge in [0.05, 0.1) is 29.1 Å². The Morgan fingerprint density at radius 1 is 0.919 bits per heavy atom. The van der Waals surface area contributed by atoms with Crippen LogP contribution in [0.2, 0.25) is 0 Å². The number of aromatic nitrogens is 6. The van der Waals surface area contributed by atoms with Crippen LogP contribution in [0.3, 0.4) is 0 Å². The minimum absolute atomic E-state index is 0.759. The number of pyridine rings is 2. The summed E-state index contributed by atoms with van der Waals surface area (Å²) in [6, 6.07) is 8.66. The zero-order chi connectivity index (χ0) is 25.2. The maximum atomic E-state index is 5.02. The number of hydrogen-bond donors (Lipinski definition) is 2. The molecule has 0 atom stereocenters. The molecule has 5 aromatic rings. The molecule has 6 rings (SSSR count). The van der Waals surface area contributed by atoms with Crippen LogP contribution in [0, 0.1) is 0 Å². The summed E-state index contributed by atoms with van der Waals surface area (Å²) in [7, 11) is 0. The van der Waals surface area contributed by atoms with Gasteiger partial charge in [-0.3, -0.25) is 20.0 Å². The Labute approximate surface area is 217 Å². The molecule has 0 unspecified atom stereocenters. The third-order valence-electron chi connectivity index (χ3n) is 7.38. The third kappa shape index (κ3) is 4.69. The standard InChI is InChI=1S/C29H34N8/c1-3-10-36(4-2)19-20-13-22(16-30-15-20)21-8-9-24-23(14-21)27(35-34-24)29-32-25-17-31-18-26(28(25)33-29)37-11-6-5-7-12-37/h8-9,13-18H,3-7,10-12,19H2,1-2H3,(H,32,33)(H,34,35). The van der Waals surface area contributed by atoms with Crippen LogP contribution >= 0.6 is 0 Å². The van der Waals surface area contributed by atoms with Gasteiger partial charge in [-0.15, -0.1) is 0 Å². The van der Waals surface area contributed by atoms with Crippen molar-refractivity contribution < 1.29 is 0 Å². The second-order valence-corrected chi connectivity index (χ2v) is 9.97. The van der Waals surface area contributed by atoms with Gasteiger partial charge in [-0.1, -0.05) is 19.9 Å². The van der Waals surface area contributed by atoms with E-state index >= 15 is 0 Å². The second-order valence-electron chi connectivity index (χ2n) is 9.97. The van der Waals surface area contributed by atoms with Gasteiger partial charge in [0.2, 0.25) is 0 Å². The van der Waals surface area contributed by atoms with Crippen LogP contribution in [0.5, 0.6) is 0 Å². The Morgan fingerprint density at radius 3 is 2.62 bits per heavy atom. The third-order valence-corrected chi connectivity index (χ3v) is 7.38. The Kier molecular flexibility index (Phi) is 6.57. The van der Waals surface area contributed by atoms with E-state index in [0.717, 1.165) is 89.4 Å². The molecule has 1 aliphatic rings. The molecule has 8 heteroatoms. The average Bonchev–Trinajstić information content (AvgIpc) is 3.57. The van der Waals surface area contributed by atoms with Gasteiger partial charge in [-0.05, 0) is 68.1 Å². The van der Waals surface area contributed by atoms with E-state index < -0.39 is 0 Å². The summed E-state index contributed by atoms with van der Waals surface area (Å²) in [6.07, 6.45) is 12.6. The fraction of sp³-hybridized carbons (Fsp3) is 0.379. The number of piperidine rings is 1. The first-order valence-electron chi connectivity index (χ1n) is 13.5. The fourth-order valence-corrected chi connectivity index (χ4v) is 5.43. The highest BCUT2D eigenvalue weighted by Crippen LogP contribution is 2.33. The molecule has 0 saturated carbocycles. The highest BCUT2D eigenvalue weighted by Gasteiger charge is 2.19. The number of fused-ring (bicyclic) bond motifs is 2. The number of hydrogen-bond acceptors (Lipinski definition) is 6. The molecule has 1 aliphatic heterocycles. The van der Waals surface area contributed by atoms with E-state index in [-0.39, 0.29) is 0 Å². The highest BCUT2D eigenvalue weighted by atomic mass is 15.2. The van der Waals surface area contributed by atoms with E-state index in [9.17, 15) is 0 Å². The molecule has 8 nitrogen and oxygen atoms in total. The van der Waals surface area contributed by atoms with Crippen molar-refractivity contribution in [1.29, 1.82) is 0 Å². The number of anilines is 1. The lowest BCUT2D eigenvalue weighted by molar-refractivity contribution is 0.280. The zero-order valence-electron chi connectivity index (χ0n) is 21.7. The summed E-state index contributed by atoms with van der Waals surface area (Å²) in [5.74, 6) is 0.759. The smallest absolute Gasteiger partial charge is 0.159 e. The van der Waals surface area contributed by atoms with Crippen molar-refractivity contribution in [3.05, 3.63) is 54.6 Å². The largest absolute Gasteiger partial charge is 0.368 e. The predicted octanol–water partition coefficient (Wildman–Crippen LogP) is 5.79. The van der Waals surface area contributed by atoms with E-state index in [1.807, 2.05) is 24.8 Å². The number of nitrogens with zero attached hydrogens (tertiary/aromatic N) is 6. The SMILES string of the molecule is CCCN(CC)Cc1cncc(-c2ccc3[nH]nc(-c4nc5c(N6CCCCC6)cncc5[nH]4)c3c2)c1. The number of rotatable bonds is 8. The monoisotopic (exact) mass is 494 g/mol. The Morgan fingerprint density at radius 2 is 1.78 bits per heavy atom. The number of H-pyrrole nitrogens is 2. The lowest BCUT2D eigenvalue weighted by Gasteiger charge is -2.28. The molecule has 0 bridgehead atoms. The van der Waals surface area contributed by atoms with Crippen molar-refractivity contribution in [3.63, 3.8) is 0 Å². The fourth-order valence-electron chi connectivity index (χ4n) is 5.43. The van der Waals surface area contributed by atoms with Gasteiger partial charge in [0, 0.05) is 43.0 Å². The first-order chi connectivity index (χ1) is 18.2. The highest BCUT2D eigenvalue weighted by molar-refractivity contribution is 5.97. The summed E-state index contributed by atoms with van der Waals surface area (Å²) in [5, 5.41) is 8.88. The van der Waals surface area contributed by atoms with Gasteiger partial charge in [-0.25, -0.2) is 4.98 Å². The maximum absolute atomic E-state index is 5.02. The van der Waals surface area contributed by atoms with Crippen LogP contribution in [0.1, 0.15) is 45.1 Å². The molecule has 1 fully saturated rings.